The molecule has 1 heterocycles. The summed E-state index contributed by atoms with van der Waals surface area (Å²) in [7, 11) is 6.04. The summed E-state index contributed by atoms with van der Waals surface area (Å²) in [5, 5.41) is 6.56. The molecule has 2 aliphatic rings. The Morgan fingerprint density at radius 3 is 2.37 bits per heavy atom. The standard InChI is InChI=1S/C25H32N3O2/c1-28(2,21-11-7-8-12-21)18-25(29)27-24(20-13-15-22(30-3)16-14-20)17-23(26-27)19-9-5-4-6-10-19/h4-6,9-10,13-16,21,24H,7-8,11-12,17-18H2,1-3H3/q+1/t24-/m1/s1. The number of likely N-dealkylation sites (N-methyl/N-ethyl adjacent to an activating group) is 1. The number of hydrogen-bond acceptors (Lipinski definition) is 3. The van der Waals surface area contributed by atoms with Gasteiger partial charge in [-0.2, -0.15) is 5.10 Å². The number of hydrogen-bond donors (Lipinski definition) is 0. The van der Waals surface area contributed by atoms with E-state index >= 15 is 0 Å². The van der Waals surface area contributed by atoms with Crippen LogP contribution in [0.2, 0.25) is 0 Å². The first-order valence-corrected chi connectivity index (χ1v) is 10.9. The van der Waals surface area contributed by atoms with Gasteiger partial charge in [-0.1, -0.05) is 42.5 Å². The minimum absolute atomic E-state index is 0.0813. The largest absolute Gasteiger partial charge is 0.497 e. The molecule has 1 fully saturated rings. The van der Waals surface area contributed by atoms with Crippen LogP contribution in [-0.2, 0) is 4.79 Å². The minimum Gasteiger partial charge on any atom is -0.497 e. The van der Waals surface area contributed by atoms with Gasteiger partial charge in [0, 0.05) is 6.42 Å². The number of methoxy groups -OCH3 is 1. The molecule has 30 heavy (non-hydrogen) atoms. The number of ether oxygens (including phenoxy) is 1. The van der Waals surface area contributed by atoms with Crippen molar-refractivity contribution in [3.63, 3.8) is 0 Å². The predicted octanol–water partition coefficient (Wildman–Crippen LogP) is 4.39. The van der Waals surface area contributed by atoms with Gasteiger partial charge in [-0.15, -0.1) is 0 Å². The molecule has 1 saturated carbocycles. The fourth-order valence-electron chi connectivity index (χ4n) is 4.78. The summed E-state index contributed by atoms with van der Waals surface area (Å²) in [5.74, 6) is 0.913. The monoisotopic (exact) mass is 406 g/mol. The van der Waals surface area contributed by atoms with E-state index < -0.39 is 0 Å². The molecule has 0 bridgehead atoms. The molecule has 1 aliphatic heterocycles. The average Bonchev–Trinajstić information content (AvgIpc) is 3.45. The SMILES string of the molecule is COc1ccc([C@H]2CC(c3ccccc3)=NN2C(=O)C[N+](C)(C)C2CCCC2)cc1. The van der Waals surface area contributed by atoms with Crippen LogP contribution in [0.15, 0.2) is 59.7 Å². The van der Waals surface area contributed by atoms with E-state index in [-0.39, 0.29) is 11.9 Å². The normalized spacial score (nSPS) is 19.8. The Bertz CT molecular complexity index is 900. The highest BCUT2D eigenvalue weighted by atomic mass is 16.5. The fraction of sp³-hybridized carbons (Fsp3) is 0.440. The molecule has 2 aromatic carbocycles. The quantitative estimate of drug-likeness (QED) is 0.668. The molecular formula is C25H32N3O2+. The number of benzene rings is 2. The van der Waals surface area contributed by atoms with Crippen LogP contribution in [0.3, 0.4) is 0 Å². The van der Waals surface area contributed by atoms with Crippen molar-refractivity contribution >= 4 is 11.6 Å². The molecule has 1 atom stereocenters. The molecule has 5 heteroatoms. The lowest BCUT2D eigenvalue weighted by Crippen LogP contribution is -2.53. The van der Waals surface area contributed by atoms with Gasteiger partial charge in [0.15, 0.2) is 6.54 Å². The van der Waals surface area contributed by atoms with Crippen LogP contribution in [0, 0.1) is 0 Å². The number of quaternary nitrogens is 1. The number of rotatable bonds is 6. The first-order chi connectivity index (χ1) is 14.5. The molecule has 158 valence electrons. The molecule has 5 nitrogen and oxygen atoms in total. The van der Waals surface area contributed by atoms with Gasteiger partial charge in [-0.05, 0) is 48.9 Å². The summed E-state index contributed by atoms with van der Waals surface area (Å²) in [5.41, 5.74) is 3.14. The maximum absolute atomic E-state index is 13.5. The van der Waals surface area contributed by atoms with Crippen molar-refractivity contribution in [3.8, 4) is 5.75 Å². The maximum Gasteiger partial charge on any atom is 0.298 e. The lowest BCUT2D eigenvalue weighted by atomic mass is 9.98. The highest BCUT2D eigenvalue weighted by Crippen LogP contribution is 2.34. The van der Waals surface area contributed by atoms with E-state index in [1.807, 2.05) is 42.5 Å². The summed E-state index contributed by atoms with van der Waals surface area (Å²) >= 11 is 0. The van der Waals surface area contributed by atoms with Gasteiger partial charge in [0.05, 0.1) is 39.0 Å². The summed E-state index contributed by atoms with van der Waals surface area (Å²) in [6.45, 7) is 0.475. The highest BCUT2D eigenvalue weighted by Gasteiger charge is 2.39. The number of hydrazone groups is 1. The fourth-order valence-corrected chi connectivity index (χ4v) is 4.78. The zero-order valence-corrected chi connectivity index (χ0v) is 18.3. The molecular weight excluding hydrogens is 374 g/mol. The van der Waals surface area contributed by atoms with Gasteiger partial charge in [0.25, 0.3) is 5.91 Å². The Morgan fingerprint density at radius 2 is 1.73 bits per heavy atom. The van der Waals surface area contributed by atoms with Crippen molar-refractivity contribution in [2.45, 2.75) is 44.2 Å². The van der Waals surface area contributed by atoms with Crippen LogP contribution in [0.25, 0.3) is 0 Å². The van der Waals surface area contributed by atoms with Crippen LogP contribution in [-0.4, -0.2) is 54.9 Å². The Balaban J connectivity index is 1.60. The highest BCUT2D eigenvalue weighted by molar-refractivity contribution is 6.03. The van der Waals surface area contributed by atoms with Crippen LogP contribution < -0.4 is 4.74 Å². The van der Waals surface area contributed by atoms with E-state index in [1.165, 1.54) is 25.7 Å². The Morgan fingerprint density at radius 1 is 1.07 bits per heavy atom. The second-order valence-corrected chi connectivity index (χ2v) is 9.02. The summed E-state index contributed by atoms with van der Waals surface area (Å²) in [4.78, 5) is 13.5. The molecule has 1 amide bonds. The number of carbonyl (C=O) groups excluding carboxylic acids is 1. The third kappa shape index (κ3) is 4.26. The van der Waals surface area contributed by atoms with Crippen molar-refractivity contribution in [2.24, 2.45) is 5.10 Å². The van der Waals surface area contributed by atoms with Crippen LogP contribution in [0.4, 0.5) is 0 Å². The second-order valence-electron chi connectivity index (χ2n) is 9.02. The lowest BCUT2D eigenvalue weighted by Gasteiger charge is -2.36. The van der Waals surface area contributed by atoms with Crippen LogP contribution in [0.1, 0.15) is 49.3 Å². The van der Waals surface area contributed by atoms with Crippen molar-refractivity contribution in [3.05, 3.63) is 65.7 Å². The van der Waals surface area contributed by atoms with Gasteiger partial charge in [0.1, 0.15) is 5.75 Å². The number of nitrogens with zero attached hydrogens (tertiary/aromatic N) is 3. The zero-order chi connectivity index (χ0) is 21.1. The molecule has 4 rings (SSSR count). The zero-order valence-electron chi connectivity index (χ0n) is 18.3. The first kappa shape index (κ1) is 20.6. The summed E-state index contributed by atoms with van der Waals surface area (Å²) < 4.78 is 6.04. The average molecular weight is 407 g/mol. The number of amides is 1. The summed E-state index contributed by atoms with van der Waals surface area (Å²) in [6, 6.07) is 18.7. The summed E-state index contributed by atoms with van der Waals surface area (Å²) in [6.07, 6.45) is 5.68. The molecule has 0 N–H and O–H groups in total. The third-order valence-corrected chi connectivity index (χ3v) is 6.63. The van der Waals surface area contributed by atoms with E-state index in [0.717, 1.165) is 33.5 Å². The van der Waals surface area contributed by atoms with E-state index in [1.54, 1.807) is 12.1 Å². The molecule has 1 aliphatic carbocycles. The molecule has 0 unspecified atom stereocenters. The topological polar surface area (TPSA) is 41.9 Å². The Labute approximate surface area is 179 Å². The minimum atomic E-state index is -0.0813. The van der Waals surface area contributed by atoms with Crippen LogP contribution in [0.5, 0.6) is 5.75 Å². The van der Waals surface area contributed by atoms with E-state index in [9.17, 15) is 4.79 Å². The lowest BCUT2D eigenvalue weighted by molar-refractivity contribution is -0.907. The second kappa shape index (κ2) is 8.60. The van der Waals surface area contributed by atoms with Crippen molar-refractivity contribution in [2.75, 3.05) is 27.7 Å². The van der Waals surface area contributed by atoms with E-state index in [0.29, 0.717) is 12.6 Å². The van der Waals surface area contributed by atoms with Gasteiger partial charge in [-0.3, -0.25) is 4.79 Å². The third-order valence-electron chi connectivity index (χ3n) is 6.63. The molecule has 0 spiro atoms. The first-order valence-electron chi connectivity index (χ1n) is 10.9. The predicted molar refractivity (Wildman–Crippen MR) is 119 cm³/mol. The van der Waals surface area contributed by atoms with Gasteiger partial charge >= 0.3 is 0 Å². The molecule has 0 radical (unpaired) electrons. The van der Waals surface area contributed by atoms with Gasteiger partial charge in [0.2, 0.25) is 0 Å². The van der Waals surface area contributed by atoms with Gasteiger partial charge in [-0.25, -0.2) is 5.01 Å². The van der Waals surface area contributed by atoms with Gasteiger partial charge < -0.3 is 9.22 Å². The van der Waals surface area contributed by atoms with Crippen molar-refractivity contribution in [1.82, 2.24) is 5.01 Å². The maximum atomic E-state index is 13.5. The Kier molecular flexibility index (Phi) is 5.91. The number of carbonyl (C=O) groups is 1. The molecule has 0 aromatic heterocycles. The van der Waals surface area contributed by atoms with E-state index in [4.69, 9.17) is 9.84 Å². The molecule has 0 saturated heterocycles. The smallest absolute Gasteiger partial charge is 0.298 e. The Hall–Kier alpha value is -2.66. The molecule has 2 aromatic rings. The van der Waals surface area contributed by atoms with E-state index in [2.05, 4.69) is 26.2 Å². The van der Waals surface area contributed by atoms with Crippen LogP contribution >= 0.6 is 0 Å². The van der Waals surface area contributed by atoms with Crippen molar-refractivity contribution < 1.29 is 14.0 Å². The van der Waals surface area contributed by atoms with Crippen molar-refractivity contribution in [1.29, 1.82) is 0 Å².